The van der Waals surface area contributed by atoms with E-state index < -0.39 is 22.8 Å². The van der Waals surface area contributed by atoms with Gasteiger partial charge in [-0.25, -0.2) is 13.2 Å². The van der Waals surface area contributed by atoms with Crippen molar-refractivity contribution in [2.45, 2.75) is 11.8 Å². The van der Waals surface area contributed by atoms with E-state index in [4.69, 9.17) is 16.3 Å². The van der Waals surface area contributed by atoms with E-state index in [1.54, 1.807) is 6.07 Å². The van der Waals surface area contributed by atoms with Gasteiger partial charge in [-0.2, -0.15) is 0 Å². The lowest BCUT2D eigenvalue weighted by molar-refractivity contribution is 0.386. The van der Waals surface area contributed by atoms with E-state index in [9.17, 15) is 13.2 Å². The Hall–Kier alpha value is -1.68. The van der Waals surface area contributed by atoms with Crippen molar-refractivity contribution < 1.29 is 17.9 Å². The minimum atomic E-state index is -0.924. The van der Waals surface area contributed by atoms with Gasteiger partial charge in [0, 0.05) is 0 Å². The van der Waals surface area contributed by atoms with Crippen LogP contribution in [0.3, 0.4) is 0 Å². The summed E-state index contributed by atoms with van der Waals surface area (Å²) in [5.74, 6) is -2.21. The summed E-state index contributed by atoms with van der Waals surface area (Å²) < 4.78 is 44.3. The molecule has 0 heterocycles. The van der Waals surface area contributed by atoms with E-state index in [1.807, 2.05) is 0 Å². The fourth-order valence-corrected chi connectivity index (χ4v) is 2.18. The predicted molar refractivity (Wildman–Crippen MR) is 71.6 cm³/mol. The van der Waals surface area contributed by atoms with Crippen LogP contribution < -0.4 is 4.74 Å². The number of benzene rings is 2. The number of ether oxygens (including phenoxy) is 1. The Bertz CT molecular complexity index is 616. The third-order valence-corrected chi connectivity index (χ3v) is 3.34. The third-order valence-electron chi connectivity index (χ3n) is 2.94. The molecule has 0 spiro atoms. The van der Waals surface area contributed by atoms with E-state index in [0.29, 0.717) is 11.1 Å². The minimum absolute atomic E-state index is 0.130. The Balaban J connectivity index is 2.17. The predicted octanol–water partition coefficient (Wildman–Crippen LogP) is 4.64. The summed E-state index contributed by atoms with van der Waals surface area (Å²) in [7, 11) is 1.37. The third kappa shape index (κ3) is 3.25. The highest BCUT2D eigenvalue weighted by atomic mass is 35.5. The van der Waals surface area contributed by atoms with Crippen LogP contribution in [-0.2, 0) is 6.42 Å². The van der Waals surface area contributed by atoms with Crippen LogP contribution in [0, 0.1) is 17.5 Å². The summed E-state index contributed by atoms with van der Waals surface area (Å²) in [6, 6.07) is 7.97. The maximum Gasteiger partial charge on any atom is 0.165 e. The van der Waals surface area contributed by atoms with Crippen molar-refractivity contribution in [1.29, 1.82) is 0 Å². The zero-order chi connectivity index (χ0) is 14.7. The Morgan fingerprint density at radius 2 is 1.75 bits per heavy atom. The lowest BCUT2D eigenvalue weighted by atomic mass is 10.0. The van der Waals surface area contributed by atoms with Gasteiger partial charge in [-0.15, -0.1) is 11.6 Å². The van der Waals surface area contributed by atoms with Gasteiger partial charge in [-0.3, -0.25) is 0 Å². The van der Waals surface area contributed by atoms with Crippen molar-refractivity contribution in [2.75, 3.05) is 7.11 Å². The maximum absolute atomic E-state index is 13.6. The lowest BCUT2D eigenvalue weighted by Crippen LogP contribution is -1.99. The molecule has 106 valence electrons. The van der Waals surface area contributed by atoms with Crippen molar-refractivity contribution in [3.8, 4) is 5.75 Å². The van der Waals surface area contributed by atoms with Gasteiger partial charge in [0.05, 0.1) is 12.5 Å². The second-order valence-electron chi connectivity index (χ2n) is 4.31. The molecule has 2 rings (SSSR count). The molecular weight excluding hydrogens is 289 g/mol. The molecule has 0 saturated heterocycles. The molecular formula is C15H12ClF3O. The molecule has 1 nitrogen and oxygen atoms in total. The van der Waals surface area contributed by atoms with Crippen LogP contribution in [0.5, 0.6) is 5.75 Å². The standard InChI is InChI=1S/C15H12ClF3O/c1-20-15-5-3-10(8-14(15)19)11(16)6-9-2-4-12(17)13(18)7-9/h2-5,7-8,11H,6H2,1H3. The number of methoxy groups -OCH3 is 1. The zero-order valence-corrected chi connectivity index (χ0v) is 11.4. The molecule has 1 unspecified atom stereocenters. The van der Waals surface area contributed by atoms with E-state index in [0.717, 1.165) is 12.1 Å². The highest BCUT2D eigenvalue weighted by Crippen LogP contribution is 2.28. The molecule has 2 aromatic carbocycles. The fourth-order valence-electron chi connectivity index (χ4n) is 1.87. The van der Waals surface area contributed by atoms with Crippen LogP contribution >= 0.6 is 11.6 Å². The molecule has 1 atom stereocenters. The Morgan fingerprint density at radius 1 is 1.00 bits per heavy atom. The van der Waals surface area contributed by atoms with Gasteiger partial charge in [-0.1, -0.05) is 12.1 Å². The molecule has 0 aliphatic heterocycles. The van der Waals surface area contributed by atoms with Gasteiger partial charge in [0.25, 0.3) is 0 Å². The molecule has 0 saturated carbocycles. The van der Waals surface area contributed by atoms with Crippen LogP contribution in [0.1, 0.15) is 16.5 Å². The molecule has 20 heavy (non-hydrogen) atoms. The molecule has 5 heteroatoms. The van der Waals surface area contributed by atoms with Crippen LogP contribution in [0.15, 0.2) is 36.4 Å². The average molecular weight is 301 g/mol. The molecule has 0 bridgehead atoms. The van der Waals surface area contributed by atoms with Crippen molar-refractivity contribution in [1.82, 2.24) is 0 Å². The molecule has 0 radical (unpaired) electrons. The van der Waals surface area contributed by atoms with E-state index in [2.05, 4.69) is 0 Å². The number of rotatable bonds is 4. The van der Waals surface area contributed by atoms with Gasteiger partial charge in [-0.05, 0) is 41.8 Å². The summed E-state index contributed by atoms with van der Waals surface area (Å²) >= 11 is 6.18. The Labute approximate surface area is 119 Å². The number of halogens is 4. The first-order valence-electron chi connectivity index (χ1n) is 5.92. The SMILES string of the molecule is COc1ccc(C(Cl)Cc2ccc(F)c(F)c2)cc1F. The summed E-state index contributed by atoms with van der Waals surface area (Å²) in [5, 5.41) is -0.541. The van der Waals surface area contributed by atoms with Crippen LogP contribution in [-0.4, -0.2) is 7.11 Å². The van der Waals surface area contributed by atoms with Crippen LogP contribution in [0.4, 0.5) is 13.2 Å². The first-order valence-corrected chi connectivity index (χ1v) is 6.36. The van der Waals surface area contributed by atoms with Gasteiger partial charge in [0.1, 0.15) is 0 Å². The summed E-state index contributed by atoms with van der Waals surface area (Å²) in [5.41, 5.74) is 1.09. The number of alkyl halides is 1. The minimum Gasteiger partial charge on any atom is -0.494 e. The number of hydrogen-bond acceptors (Lipinski definition) is 1. The van der Waals surface area contributed by atoms with Crippen molar-refractivity contribution in [3.63, 3.8) is 0 Å². The summed E-state index contributed by atoms with van der Waals surface area (Å²) in [6.45, 7) is 0. The average Bonchev–Trinajstić information content (AvgIpc) is 2.42. The van der Waals surface area contributed by atoms with Crippen LogP contribution in [0.25, 0.3) is 0 Å². The van der Waals surface area contributed by atoms with E-state index >= 15 is 0 Å². The molecule has 2 aromatic rings. The van der Waals surface area contributed by atoms with Crippen LogP contribution in [0.2, 0.25) is 0 Å². The highest BCUT2D eigenvalue weighted by Gasteiger charge is 2.13. The quantitative estimate of drug-likeness (QED) is 0.748. The van der Waals surface area contributed by atoms with Crippen molar-refractivity contribution in [3.05, 3.63) is 65.0 Å². The molecule has 0 aromatic heterocycles. The largest absolute Gasteiger partial charge is 0.494 e. The summed E-state index contributed by atoms with van der Waals surface area (Å²) in [4.78, 5) is 0. The first-order chi connectivity index (χ1) is 9.51. The monoisotopic (exact) mass is 300 g/mol. The molecule has 0 amide bonds. The first kappa shape index (κ1) is 14.7. The van der Waals surface area contributed by atoms with Gasteiger partial charge in [0.15, 0.2) is 23.2 Å². The summed E-state index contributed by atoms with van der Waals surface area (Å²) in [6.07, 6.45) is 0.268. The smallest absolute Gasteiger partial charge is 0.165 e. The normalized spacial score (nSPS) is 12.2. The van der Waals surface area contributed by atoms with Gasteiger partial charge < -0.3 is 4.74 Å². The zero-order valence-electron chi connectivity index (χ0n) is 10.7. The van der Waals surface area contributed by atoms with Crippen molar-refractivity contribution >= 4 is 11.6 Å². The molecule has 0 aliphatic rings. The maximum atomic E-state index is 13.6. The van der Waals surface area contributed by atoms with Crippen molar-refractivity contribution in [2.24, 2.45) is 0 Å². The second-order valence-corrected chi connectivity index (χ2v) is 4.84. The number of hydrogen-bond donors (Lipinski definition) is 0. The fraction of sp³-hybridized carbons (Fsp3) is 0.200. The molecule has 0 aliphatic carbocycles. The Kier molecular flexibility index (Phi) is 4.55. The second kappa shape index (κ2) is 6.18. The van der Waals surface area contributed by atoms with E-state index in [1.165, 1.54) is 25.3 Å². The molecule has 0 N–H and O–H groups in total. The van der Waals surface area contributed by atoms with E-state index in [-0.39, 0.29) is 12.2 Å². The molecule has 0 fully saturated rings. The highest BCUT2D eigenvalue weighted by molar-refractivity contribution is 6.20. The lowest BCUT2D eigenvalue weighted by Gasteiger charge is -2.11. The topological polar surface area (TPSA) is 9.23 Å². The Morgan fingerprint density at radius 3 is 2.35 bits per heavy atom. The van der Waals surface area contributed by atoms with Gasteiger partial charge >= 0.3 is 0 Å². The van der Waals surface area contributed by atoms with Gasteiger partial charge in [0.2, 0.25) is 0 Å².